The number of nitrogens with zero attached hydrogens (tertiary/aromatic N) is 5. The summed E-state index contributed by atoms with van der Waals surface area (Å²) < 4.78 is 0. The summed E-state index contributed by atoms with van der Waals surface area (Å²) >= 11 is 1.54. The quantitative estimate of drug-likeness (QED) is 0.672. The van der Waals surface area contributed by atoms with Crippen LogP contribution in [0.1, 0.15) is 16.3 Å². The van der Waals surface area contributed by atoms with E-state index in [0.29, 0.717) is 37.8 Å². The third-order valence-electron chi connectivity index (χ3n) is 4.90. The molecule has 1 aliphatic heterocycles. The van der Waals surface area contributed by atoms with Crippen molar-refractivity contribution in [2.45, 2.75) is 5.75 Å². The van der Waals surface area contributed by atoms with Crippen molar-refractivity contribution >= 4 is 23.5 Å². The summed E-state index contributed by atoms with van der Waals surface area (Å²) in [7, 11) is 0. The Morgan fingerprint density at radius 3 is 2.60 bits per heavy atom. The van der Waals surface area contributed by atoms with Gasteiger partial charge in [-0.3, -0.25) is 9.59 Å². The van der Waals surface area contributed by atoms with Crippen LogP contribution in [0.4, 0.5) is 5.82 Å². The van der Waals surface area contributed by atoms with Crippen molar-refractivity contribution in [3.63, 3.8) is 0 Å². The fraction of sp³-hybridized carbons (Fsp3) is 0.286. The first-order chi connectivity index (χ1) is 14.6. The second-order valence-corrected chi connectivity index (χ2v) is 7.78. The molecule has 4 rings (SSSR count). The highest BCUT2D eigenvalue weighted by atomic mass is 32.2. The zero-order valence-electron chi connectivity index (χ0n) is 16.6. The van der Waals surface area contributed by atoms with Crippen LogP contribution in [0.5, 0.6) is 0 Å². The van der Waals surface area contributed by atoms with Gasteiger partial charge in [-0.2, -0.15) is 11.8 Å². The van der Waals surface area contributed by atoms with E-state index < -0.39 is 0 Å². The Kier molecular flexibility index (Phi) is 6.08. The number of rotatable bonds is 5. The Morgan fingerprint density at radius 1 is 1.10 bits per heavy atom. The normalized spacial score (nSPS) is 14.0. The molecule has 154 valence electrons. The first-order valence-electron chi connectivity index (χ1n) is 9.65. The Labute approximate surface area is 178 Å². The van der Waals surface area contributed by atoms with Crippen LogP contribution in [0.15, 0.2) is 53.6 Å². The summed E-state index contributed by atoms with van der Waals surface area (Å²) in [5, 5.41) is 0. The fourth-order valence-corrected chi connectivity index (χ4v) is 3.82. The molecule has 30 heavy (non-hydrogen) atoms. The smallest absolute Gasteiger partial charge is 0.272 e. The highest BCUT2D eigenvalue weighted by Gasteiger charge is 2.24. The van der Waals surface area contributed by atoms with E-state index in [9.17, 15) is 9.59 Å². The molecule has 1 fully saturated rings. The van der Waals surface area contributed by atoms with E-state index in [4.69, 9.17) is 0 Å². The van der Waals surface area contributed by atoms with Gasteiger partial charge in [-0.05, 0) is 6.26 Å². The van der Waals surface area contributed by atoms with Crippen LogP contribution in [0.3, 0.4) is 0 Å². The van der Waals surface area contributed by atoms with Crippen LogP contribution >= 0.6 is 11.8 Å². The highest BCUT2D eigenvalue weighted by Crippen LogP contribution is 2.21. The number of aromatic amines is 1. The van der Waals surface area contributed by atoms with Crippen molar-refractivity contribution in [1.82, 2.24) is 24.8 Å². The van der Waals surface area contributed by atoms with E-state index >= 15 is 0 Å². The molecule has 1 aromatic carbocycles. The molecule has 0 unspecified atom stereocenters. The number of benzene rings is 1. The highest BCUT2D eigenvalue weighted by molar-refractivity contribution is 7.97. The van der Waals surface area contributed by atoms with Gasteiger partial charge in [0, 0.05) is 43.9 Å². The van der Waals surface area contributed by atoms with Gasteiger partial charge in [-0.15, -0.1) is 0 Å². The molecule has 0 saturated carbocycles. The first-order valence-corrected chi connectivity index (χ1v) is 11.0. The second-order valence-electron chi connectivity index (χ2n) is 6.92. The Bertz CT molecular complexity index is 1080. The monoisotopic (exact) mass is 422 g/mol. The number of aromatic nitrogens is 4. The molecule has 0 radical (unpaired) electrons. The number of anilines is 1. The molecule has 3 heterocycles. The Hall–Kier alpha value is -3.20. The summed E-state index contributed by atoms with van der Waals surface area (Å²) in [6, 6.07) is 13.2. The first kappa shape index (κ1) is 20.1. The van der Waals surface area contributed by atoms with Gasteiger partial charge < -0.3 is 14.8 Å². The van der Waals surface area contributed by atoms with Crippen LogP contribution < -0.4 is 10.5 Å². The summed E-state index contributed by atoms with van der Waals surface area (Å²) in [4.78, 5) is 44.4. The topological polar surface area (TPSA) is 95.1 Å². The average molecular weight is 423 g/mol. The van der Waals surface area contributed by atoms with E-state index in [1.807, 2.05) is 42.7 Å². The zero-order chi connectivity index (χ0) is 20.9. The summed E-state index contributed by atoms with van der Waals surface area (Å²) in [5.74, 6) is 1.70. The number of hydrogen-bond donors (Lipinski definition) is 1. The fourth-order valence-electron chi connectivity index (χ4n) is 3.41. The lowest BCUT2D eigenvalue weighted by Gasteiger charge is -2.35. The number of carbonyl (C=O) groups is 1. The van der Waals surface area contributed by atoms with Gasteiger partial charge >= 0.3 is 0 Å². The van der Waals surface area contributed by atoms with E-state index in [0.717, 1.165) is 17.1 Å². The third-order valence-corrected chi connectivity index (χ3v) is 5.47. The van der Waals surface area contributed by atoms with Gasteiger partial charge in [0.05, 0.1) is 11.4 Å². The molecule has 0 aliphatic carbocycles. The number of carbonyl (C=O) groups excluding carboxylic acids is 1. The molecule has 1 N–H and O–H groups in total. The van der Waals surface area contributed by atoms with Crippen molar-refractivity contribution < 1.29 is 4.79 Å². The lowest BCUT2D eigenvalue weighted by atomic mass is 10.1. The molecular formula is C21H22N6O2S. The zero-order valence-corrected chi connectivity index (χ0v) is 17.4. The van der Waals surface area contributed by atoms with Crippen molar-refractivity contribution in [2.24, 2.45) is 0 Å². The Balaban J connectivity index is 1.44. The number of hydrogen-bond acceptors (Lipinski definition) is 7. The van der Waals surface area contributed by atoms with Gasteiger partial charge in [0.25, 0.3) is 11.5 Å². The predicted molar refractivity (Wildman–Crippen MR) is 118 cm³/mol. The van der Waals surface area contributed by atoms with E-state index in [1.54, 1.807) is 23.0 Å². The number of H-pyrrole nitrogens is 1. The predicted octanol–water partition coefficient (Wildman–Crippen LogP) is 2.05. The van der Waals surface area contributed by atoms with Crippen LogP contribution in [-0.4, -0.2) is 63.2 Å². The van der Waals surface area contributed by atoms with Crippen molar-refractivity contribution in [1.29, 1.82) is 0 Å². The molecule has 1 aliphatic rings. The maximum Gasteiger partial charge on any atom is 0.272 e. The maximum atomic E-state index is 12.9. The van der Waals surface area contributed by atoms with Crippen molar-refractivity contribution in [3.05, 3.63) is 70.7 Å². The van der Waals surface area contributed by atoms with Gasteiger partial charge in [-0.25, -0.2) is 15.0 Å². The standard InChI is InChI=1S/C21H22N6O2S/c1-30-13-18-24-17(12-20(28)25-18)21(29)27-9-7-26(8-10-27)19-11-16(22-14-23-19)15-5-3-2-4-6-15/h2-6,11-12,14H,7-10,13H2,1H3,(H,24,25,28). The summed E-state index contributed by atoms with van der Waals surface area (Å²) in [5.41, 5.74) is 1.81. The molecule has 3 aromatic rings. The number of nitrogens with one attached hydrogen (secondary N) is 1. The molecule has 1 amide bonds. The minimum Gasteiger partial charge on any atom is -0.353 e. The van der Waals surface area contributed by atoms with Gasteiger partial charge in [-0.1, -0.05) is 30.3 Å². The molecule has 0 spiro atoms. The van der Waals surface area contributed by atoms with Crippen molar-refractivity contribution in [2.75, 3.05) is 37.3 Å². The summed E-state index contributed by atoms with van der Waals surface area (Å²) in [6.07, 6.45) is 3.49. The van der Waals surface area contributed by atoms with Crippen LogP contribution in [0.25, 0.3) is 11.3 Å². The Morgan fingerprint density at radius 2 is 1.87 bits per heavy atom. The second kappa shape index (κ2) is 9.08. The average Bonchev–Trinajstić information content (AvgIpc) is 2.79. The van der Waals surface area contributed by atoms with E-state index in [-0.39, 0.29) is 17.2 Å². The molecule has 0 bridgehead atoms. The van der Waals surface area contributed by atoms with Crippen LogP contribution in [-0.2, 0) is 5.75 Å². The number of piperazine rings is 1. The molecule has 2 aromatic heterocycles. The minimum atomic E-state index is -0.300. The van der Waals surface area contributed by atoms with Gasteiger partial charge in [0.15, 0.2) is 0 Å². The largest absolute Gasteiger partial charge is 0.353 e. The van der Waals surface area contributed by atoms with Crippen LogP contribution in [0.2, 0.25) is 0 Å². The van der Waals surface area contributed by atoms with E-state index in [1.165, 1.54) is 6.07 Å². The number of thioether (sulfide) groups is 1. The molecular weight excluding hydrogens is 400 g/mol. The third kappa shape index (κ3) is 4.51. The van der Waals surface area contributed by atoms with Gasteiger partial charge in [0.1, 0.15) is 23.7 Å². The summed E-state index contributed by atoms with van der Waals surface area (Å²) in [6.45, 7) is 2.38. The van der Waals surface area contributed by atoms with Crippen molar-refractivity contribution in [3.8, 4) is 11.3 Å². The molecule has 9 heteroatoms. The van der Waals surface area contributed by atoms with Gasteiger partial charge in [0.2, 0.25) is 0 Å². The maximum absolute atomic E-state index is 12.9. The molecule has 8 nitrogen and oxygen atoms in total. The number of amides is 1. The molecule has 1 saturated heterocycles. The lowest BCUT2D eigenvalue weighted by Crippen LogP contribution is -2.49. The SMILES string of the molecule is CSCc1nc(C(=O)N2CCN(c3cc(-c4ccccc4)ncn3)CC2)cc(=O)[nH]1. The van der Waals surface area contributed by atoms with Crippen LogP contribution in [0, 0.1) is 0 Å². The lowest BCUT2D eigenvalue weighted by molar-refractivity contribution is 0.0740. The molecule has 0 atom stereocenters. The van der Waals surface area contributed by atoms with E-state index in [2.05, 4.69) is 24.8 Å². The minimum absolute atomic E-state index is 0.199.